The fraction of sp³-hybridized carbons (Fsp3) is 0.191. The van der Waals surface area contributed by atoms with Gasteiger partial charge in [-0.3, -0.25) is 9.69 Å². The van der Waals surface area contributed by atoms with E-state index in [4.69, 9.17) is 0 Å². The molecule has 1 fully saturated rings. The summed E-state index contributed by atoms with van der Waals surface area (Å²) < 4.78 is 0. The van der Waals surface area contributed by atoms with Gasteiger partial charge in [-0.1, -0.05) is 178 Å². The summed E-state index contributed by atoms with van der Waals surface area (Å²) in [7, 11) is 0. The van der Waals surface area contributed by atoms with Gasteiger partial charge in [0.1, 0.15) is 34.3 Å². The van der Waals surface area contributed by atoms with Gasteiger partial charge in [-0.15, -0.1) is 0 Å². The van der Waals surface area contributed by atoms with Crippen LogP contribution in [0.4, 0.5) is 5.69 Å². The highest BCUT2D eigenvalue weighted by atomic mass is 16.3. The van der Waals surface area contributed by atoms with Gasteiger partial charge in [0, 0.05) is 22.1 Å². The van der Waals surface area contributed by atoms with E-state index in [-0.39, 0.29) is 39.7 Å². The van der Waals surface area contributed by atoms with Crippen molar-refractivity contribution in [2.24, 2.45) is 11.3 Å². The molecular formula is C68H65NO6. The van der Waals surface area contributed by atoms with Crippen LogP contribution in [-0.4, -0.2) is 31.4 Å². The molecule has 0 bridgehead atoms. The van der Waals surface area contributed by atoms with Gasteiger partial charge in [-0.2, -0.15) is 0 Å². The second kappa shape index (κ2) is 21.1. The summed E-state index contributed by atoms with van der Waals surface area (Å²) in [4.78, 5) is 15.5. The molecule has 11 rings (SSSR count). The monoisotopic (exact) mass is 991 g/mol. The molecule has 0 saturated heterocycles. The number of nitrogens with zero attached hydrogens (tertiary/aromatic N) is 1. The molecule has 378 valence electrons. The molecular weight excluding hydrogens is 927 g/mol. The van der Waals surface area contributed by atoms with Crippen LogP contribution in [0.1, 0.15) is 107 Å². The van der Waals surface area contributed by atoms with Crippen LogP contribution in [0.5, 0.6) is 28.7 Å². The zero-order chi connectivity index (χ0) is 53.0. The Hall–Kier alpha value is -8.55. The van der Waals surface area contributed by atoms with E-state index in [0.717, 1.165) is 45.5 Å². The Morgan fingerprint density at radius 1 is 0.453 bits per heavy atom. The number of anilines is 1. The van der Waals surface area contributed by atoms with E-state index in [9.17, 15) is 30.3 Å². The summed E-state index contributed by atoms with van der Waals surface area (Å²) in [6.45, 7) is 11.5. The molecule has 0 aromatic heterocycles. The van der Waals surface area contributed by atoms with Crippen molar-refractivity contribution in [1.29, 1.82) is 0 Å². The van der Waals surface area contributed by atoms with Crippen LogP contribution < -0.4 is 4.90 Å². The Labute approximate surface area is 441 Å². The number of hydrogen-bond acceptors (Lipinski definition) is 6. The number of hydrogen-bond donors (Lipinski definition) is 5. The Morgan fingerprint density at radius 3 is 1.28 bits per heavy atom. The second-order valence-corrected chi connectivity index (χ2v) is 21.3. The molecule has 1 amide bonds. The third kappa shape index (κ3) is 10.2. The first kappa shape index (κ1) is 51.4. The second-order valence-electron chi connectivity index (χ2n) is 21.3. The molecule has 2 aliphatic rings. The Kier molecular flexibility index (Phi) is 14.5. The first-order valence-corrected chi connectivity index (χ1v) is 25.6. The Bertz CT molecular complexity index is 3200. The summed E-state index contributed by atoms with van der Waals surface area (Å²) in [5.74, 6) is 1.75. The van der Waals surface area contributed by atoms with E-state index in [1.807, 2.05) is 133 Å². The van der Waals surface area contributed by atoms with E-state index in [0.29, 0.717) is 22.6 Å². The molecule has 75 heavy (non-hydrogen) atoms. The third-order valence-corrected chi connectivity index (χ3v) is 15.3. The van der Waals surface area contributed by atoms with Gasteiger partial charge >= 0.3 is 0 Å². The maximum Gasteiger partial charge on any atom is 0.260 e. The highest BCUT2D eigenvalue weighted by Gasteiger charge is 2.53. The molecule has 7 heteroatoms. The molecule has 1 saturated carbocycles. The van der Waals surface area contributed by atoms with Crippen molar-refractivity contribution in [3.8, 4) is 28.7 Å². The first-order valence-electron chi connectivity index (χ1n) is 25.6. The first-order chi connectivity index (χ1) is 36.0. The molecule has 0 spiro atoms. The number of para-hydroxylation sites is 1. The average Bonchev–Trinajstić information content (AvgIpc) is 3.72. The topological polar surface area (TPSA) is 121 Å². The van der Waals surface area contributed by atoms with Crippen molar-refractivity contribution in [3.05, 3.63) is 286 Å². The predicted octanol–water partition coefficient (Wildman–Crippen LogP) is 15.3. The number of carbonyl (C=O) groups excluding carboxylic acids is 1. The van der Waals surface area contributed by atoms with Crippen LogP contribution in [0.2, 0.25) is 0 Å². The summed E-state index contributed by atoms with van der Waals surface area (Å²) in [6, 6.07) is 72.8. The zero-order valence-corrected chi connectivity index (χ0v) is 43.2. The highest BCUT2D eigenvalue weighted by Crippen LogP contribution is 2.54. The van der Waals surface area contributed by atoms with Crippen molar-refractivity contribution in [1.82, 2.24) is 0 Å². The zero-order valence-electron chi connectivity index (χ0n) is 43.2. The summed E-state index contributed by atoms with van der Waals surface area (Å²) >= 11 is 0. The van der Waals surface area contributed by atoms with Crippen LogP contribution in [0.3, 0.4) is 0 Å². The van der Waals surface area contributed by atoms with Gasteiger partial charge in [-0.05, 0) is 168 Å². The number of rotatable bonds is 8. The number of amides is 1. The lowest BCUT2D eigenvalue weighted by molar-refractivity contribution is 0.0986. The van der Waals surface area contributed by atoms with E-state index in [1.165, 1.54) is 29.5 Å². The van der Waals surface area contributed by atoms with Gasteiger partial charge < -0.3 is 25.5 Å². The standard InChI is InChI=1S/C26H19NO3.C22H28O.C20H18O2/c28-21-14-10-18(11-15-21)26(19-12-16-22(29)17-13-19)24-9-5-4-8-23(24)25(30)27(26)20-6-2-1-3-7-20;1-16-5-7-18(8-6-16)22(19-9-11-20(23)12-10-19)14-17(2)13-21(3,4)15-22;1-20(15-5-3-2-4-6-15,16-7-11-18(21)12-8-16)17-9-13-19(22)14-10-17/h1-17,28-29H;5-12,17,23H,13-15H2,1-4H3;2-14,21-22H,1H3. The predicted molar refractivity (Wildman–Crippen MR) is 301 cm³/mol. The molecule has 1 heterocycles. The largest absolute Gasteiger partial charge is 0.508 e. The van der Waals surface area contributed by atoms with Crippen LogP contribution in [-0.2, 0) is 16.4 Å². The van der Waals surface area contributed by atoms with Gasteiger partial charge in [0.15, 0.2) is 0 Å². The minimum atomic E-state index is -0.948. The number of fused-ring (bicyclic) bond motifs is 1. The van der Waals surface area contributed by atoms with E-state index in [1.54, 1.807) is 53.4 Å². The average molecular weight is 992 g/mol. The van der Waals surface area contributed by atoms with Crippen LogP contribution in [0.15, 0.2) is 231 Å². The normalized spacial score (nSPS) is 17.4. The van der Waals surface area contributed by atoms with E-state index < -0.39 is 5.54 Å². The maximum atomic E-state index is 13.7. The smallest absolute Gasteiger partial charge is 0.260 e. The molecule has 0 radical (unpaired) electrons. The number of aryl methyl sites for hydroxylation is 1. The molecule has 2 unspecified atom stereocenters. The molecule has 7 nitrogen and oxygen atoms in total. The molecule has 2 atom stereocenters. The quantitative estimate of drug-likeness (QED) is 0.0967. The minimum Gasteiger partial charge on any atom is -0.508 e. The van der Waals surface area contributed by atoms with Crippen LogP contribution in [0.25, 0.3) is 0 Å². The fourth-order valence-corrected chi connectivity index (χ4v) is 12.1. The van der Waals surface area contributed by atoms with E-state index in [2.05, 4.69) is 83.1 Å². The summed E-state index contributed by atoms with van der Waals surface area (Å²) in [6.07, 6.45) is 3.60. The van der Waals surface area contributed by atoms with Crippen molar-refractivity contribution in [2.75, 3.05) is 4.90 Å². The van der Waals surface area contributed by atoms with Gasteiger partial charge in [0.2, 0.25) is 0 Å². The highest BCUT2D eigenvalue weighted by molar-refractivity contribution is 6.13. The minimum absolute atomic E-state index is 0.0442. The SMILES string of the molecule is CC(c1ccccc1)(c1ccc(O)cc1)c1ccc(O)cc1.Cc1ccc(C2(c3ccc(O)cc3)CC(C)CC(C)(C)C2)cc1.O=C1c2ccccc2C(c2ccc(O)cc2)(c2ccc(O)cc2)N1c1ccccc1. The number of benzene rings is 9. The lowest BCUT2D eigenvalue weighted by Gasteiger charge is -2.48. The van der Waals surface area contributed by atoms with Crippen LogP contribution >= 0.6 is 0 Å². The lowest BCUT2D eigenvalue weighted by atomic mass is 9.55. The number of aromatic hydroxyl groups is 5. The van der Waals surface area contributed by atoms with E-state index >= 15 is 0 Å². The van der Waals surface area contributed by atoms with Gasteiger partial charge in [0.25, 0.3) is 5.91 Å². The van der Waals surface area contributed by atoms with Crippen molar-refractivity contribution in [2.45, 2.75) is 70.3 Å². The summed E-state index contributed by atoms with van der Waals surface area (Å²) in [5, 5.41) is 48.6. The van der Waals surface area contributed by atoms with Crippen molar-refractivity contribution in [3.63, 3.8) is 0 Å². The number of phenols is 5. The summed E-state index contributed by atoms with van der Waals surface area (Å²) in [5.41, 5.74) is 10.4. The fourth-order valence-electron chi connectivity index (χ4n) is 12.1. The lowest BCUT2D eigenvalue weighted by Crippen LogP contribution is -2.46. The Morgan fingerprint density at radius 2 is 0.827 bits per heavy atom. The number of phenolic OH excluding ortho intramolecular Hbond substituents is 5. The molecule has 1 aliphatic heterocycles. The van der Waals surface area contributed by atoms with Gasteiger partial charge in [-0.25, -0.2) is 0 Å². The maximum absolute atomic E-state index is 13.7. The van der Waals surface area contributed by atoms with Crippen molar-refractivity contribution >= 4 is 11.6 Å². The number of carbonyl (C=O) groups is 1. The van der Waals surface area contributed by atoms with Gasteiger partial charge in [0.05, 0.1) is 0 Å². The van der Waals surface area contributed by atoms with Crippen LogP contribution in [0, 0.1) is 18.3 Å². The third-order valence-electron chi connectivity index (χ3n) is 15.3. The molecule has 1 aliphatic carbocycles. The molecule has 9 aromatic carbocycles. The molecule has 5 N–H and O–H groups in total. The Balaban J connectivity index is 0.000000140. The van der Waals surface area contributed by atoms with Crippen molar-refractivity contribution < 1.29 is 30.3 Å². The molecule has 9 aromatic rings.